The fraction of sp³-hybridized carbons (Fsp3) is 0.278. The topological polar surface area (TPSA) is 45.0 Å². The van der Waals surface area contributed by atoms with Crippen molar-refractivity contribution in [2.45, 2.75) is 25.5 Å². The number of hydrogen-bond donors (Lipinski definition) is 1. The maximum Gasteiger partial charge on any atom is 0.123 e. The van der Waals surface area contributed by atoms with Crippen LogP contribution in [0.5, 0.6) is 5.75 Å². The first-order valence-electron chi connectivity index (χ1n) is 7.22. The molecule has 106 valence electrons. The summed E-state index contributed by atoms with van der Waals surface area (Å²) in [7, 11) is 2.00. The summed E-state index contributed by atoms with van der Waals surface area (Å²) in [6.45, 7) is 0.496. The molecule has 0 amide bonds. The second kappa shape index (κ2) is 5.99. The Balaban J connectivity index is 1.77. The van der Waals surface area contributed by atoms with Gasteiger partial charge in [-0.2, -0.15) is 5.26 Å². The Kier molecular flexibility index (Phi) is 3.89. The van der Waals surface area contributed by atoms with Gasteiger partial charge >= 0.3 is 0 Å². The van der Waals surface area contributed by atoms with E-state index >= 15 is 0 Å². The van der Waals surface area contributed by atoms with Crippen LogP contribution in [0.2, 0.25) is 0 Å². The summed E-state index contributed by atoms with van der Waals surface area (Å²) in [5.74, 6) is 0.965. The second-order valence-electron chi connectivity index (χ2n) is 5.30. The van der Waals surface area contributed by atoms with E-state index < -0.39 is 0 Å². The van der Waals surface area contributed by atoms with Gasteiger partial charge in [0.1, 0.15) is 12.4 Å². The van der Waals surface area contributed by atoms with Crippen molar-refractivity contribution in [3.8, 4) is 11.8 Å². The van der Waals surface area contributed by atoms with E-state index in [1.54, 1.807) is 6.07 Å². The lowest BCUT2D eigenvalue weighted by Crippen LogP contribution is -2.12. The van der Waals surface area contributed by atoms with E-state index in [0.29, 0.717) is 18.2 Å². The van der Waals surface area contributed by atoms with Crippen LogP contribution >= 0.6 is 0 Å². The number of nitriles is 1. The van der Waals surface area contributed by atoms with Gasteiger partial charge in [-0.1, -0.05) is 24.3 Å². The highest BCUT2D eigenvalue weighted by molar-refractivity contribution is 5.45. The van der Waals surface area contributed by atoms with Gasteiger partial charge in [0.25, 0.3) is 0 Å². The number of nitrogens with zero attached hydrogens (tertiary/aromatic N) is 1. The molecule has 0 aliphatic heterocycles. The Morgan fingerprint density at radius 3 is 2.95 bits per heavy atom. The highest BCUT2D eigenvalue weighted by Crippen LogP contribution is 2.36. The molecule has 0 bridgehead atoms. The van der Waals surface area contributed by atoms with Gasteiger partial charge in [0.2, 0.25) is 0 Å². The third-order valence-electron chi connectivity index (χ3n) is 4.03. The van der Waals surface area contributed by atoms with Crippen LogP contribution < -0.4 is 10.1 Å². The van der Waals surface area contributed by atoms with Gasteiger partial charge in [-0.3, -0.25) is 0 Å². The van der Waals surface area contributed by atoms with E-state index in [1.807, 2.05) is 31.3 Å². The molecular formula is C18H18N2O. The SMILES string of the molecule is CNC1CCc2c(OCc3cccc(C#N)c3)cccc21. The predicted molar refractivity (Wildman–Crippen MR) is 82.1 cm³/mol. The number of ether oxygens (including phenoxy) is 1. The second-order valence-corrected chi connectivity index (χ2v) is 5.30. The van der Waals surface area contributed by atoms with Crippen LogP contribution in [0.3, 0.4) is 0 Å². The van der Waals surface area contributed by atoms with E-state index in [2.05, 4.69) is 23.5 Å². The highest BCUT2D eigenvalue weighted by Gasteiger charge is 2.23. The molecule has 0 saturated carbocycles. The van der Waals surface area contributed by atoms with E-state index in [1.165, 1.54) is 11.1 Å². The largest absolute Gasteiger partial charge is 0.489 e. The zero-order chi connectivity index (χ0) is 14.7. The van der Waals surface area contributed by atoms with Crippen molar-refractivity contribution in [1.29, 1.82) is 5.26 Å². The Morgan fingerprint density at radius 1 is 1.29 bits per heavy atom. The maximum absolute atomic E-state index is 8.93. The molecule has 3 heteroatoms. The summed E-state index contributed by atoms with van der Waals surface area (Å²) in [5, 5.41) is 12.3. The molecule has 1 unspecified atom stereocenters. The third kappa shape index (κ3) is 2.76. The first-order chi connectivity index (χ1) is 10.3. The molecule has 1 atom stereocenters. The molecule has 21 heavy (non-hydrogen) atoms. The van der Waals surface area contributed by atoms with Crippen LogP contribution in [0.4, 0.5) is 0 Å². The fourth-order valence-electron chi connectivity index (χ4n) is 2.95. The van der Waals surface area contributed by atoms with E-state index in [0.717, 1.165) is 24.2 Å². The summed E-state index contributed by atoms with van der Waals surface area (Å²) in [6, 6.07) is 16.4. The summed E-state index contributed by atoms with van der Waals surface area (Å²) in [6.07, 6.45) is 2.17. The third-order valence-corrected chi connectivity index (χ3v) is 4.03. The molecule has 0 heterocycles. The van der Waals surface area contributed by atoms with Gasteiger partial charge in [-0.05, 0) is 54.8 Å². The average molecular weight is 278 g/mol. The van der Waals surface area contributed by atoms with Gasteiger partial charge in [0, 0.05) is 6.04 Å². The standard InChI is InChI=1S/C18H18N2O/c1-20-17-9-8-16-15(17)6-3-7-18(16)21-12-14-5-2-4-13(10-14)11-19/h2-7,10,17,20H,8-9,12H2,1H3. The molecular weight excluding hydrogens is 260 g/mol. The van der Waals surface area contributed by atoms with E-state index in [4.69, 9.17) is 10.00 Å². The van der Waals surface area contributed by atoms with Crippen molar-refractivity contribution in [3.05, 3.63) is 64.7 Å². The van der Waals surface area contributed by atoms with Crippen LogP contribution in [0.1, 0.15) is 34.7 Å². The Labute approximate surface area is 125 Å². The summed E-state index contributed by atoms with van der Waals surface area (Å²) in [4.78, 5) is 0. The average Bonchev–Trinajstić information content (AvgIpc) is 2.96. The number of benzene rings is 2. The quantitative estimate of drug-likeness (QED) is 0.933. The van der Waals surface area contributed by atoms with Crippen molar-refractivity contribution in [1.82, 2.24) is 5.32 Å². The summed E-state index contributed by atoms with van der Waals surface area (Å²) >= 11 is 0. The monoisotopic (exact) mass is 278 g/mol. The molecule has 3 nitrogen and oxygen atoms in total. The Morgan fingerprint density at radius 2 is 2.14 bits per heavy atom. The minimum Gasteiger partial charge on any atom is -0.489 e. The normalized spacial score (nSPS) is 16.3. The minimum atomic E-state index is 0.436. The summed E-state index contributed by atoms with van der Waals surface area (Å²) in [5.41, 5.74) is 4.36. The highest BCUT2D eigenvalue weighted by atomic mass is 16.5. The molecule has 2 aromatic carbocycles. The van der Waals surface area contributed by atoms with E-state index in [9.17, 15) is 0 Å². The van der Waals surface area contributed by atoms with Crippen LogP contribution in [0, 0.1) is 11.3 Å². The van der Waals surface area contributed by atoms with Crippen molar-refractivity contribution >= 4 is 0 Å². The van der Waals surface area contributed by atoms with Crippen LogP contribution in [0.25, 0.3) is 0 Å². The molecule has 3 rings (SSSR count). The van der Waals surface area contributed by atoms with Crippen molar-refractivity contribution in [2.75, 3.05) is 7.05 Å². The van der Waals surface area contributed by atoms with Gasteiger partial charge in [0.05, 0.1) is 11.6 Å². The molecule has 0 saturated heterocycles. The molecule has 1 aliphatic rings. The Hall–Kier alpha value is -2.31. The predicted octanol–water partition coefficient (Wildman–Crippen LogP) is 3.34. The number of fused-ring (bicyclic) bond motifs is 1. The van der Waals surface area contributed by atoms with Crippen molar-refractivity contribution < 1.29 is 4.74 Å². The van der Waals surface area contributed by atoms with Crippen LogP contribution in [-0.4, -0.2) is 7.05 Å². The van der Waals surface area contributed by atoms with E-state index in [-0.39, 0.29) is 0 Å². The molecule has 0 radical (unpaired) electrons. The van der Waals surface area contributed by atoms with Crippen LogP contribution in [0.15, 0.2) is 42.5 Å². The van der Waals surface area contributed by atoms with Crippen molar-refractivity contribution in [2.24, 2.45) is 0 Å². The maximum atomic E-state index is 8.93. The molecule has 2 aromatic rings. The number of nitrogens with one attached hydrogen (secondary N) is 1. The molecule has 0 spiro atoms. The minimum absolute atomic E-state index is 0.436. The molecule has 0 aromatic heterocycles. The molecule has 0 fully saturated rings. The zero-order valence-electron chi connectivity index (χ0n) is 12.1. The van der Waals surface area contributed by atoms with Gasteiger partial charge < -0.3 is 10.1 Å². The zero-order valence-corrected chi connectivity index (χ0v) is 12.1. The lowest BCUT2D eigenvalue weighted by Gasteiger charge is -2.13. The summed E-state index contributed by atoms with van der Waals surface area (Å²) < 4.78 is 5.99. The lowest BCUT2D eigenvalue weighted by molar-refractivity contribution is 0.303. The number of rotatable bonds is 4. The number of hydrogen-bond acceptors (Lipinski definition) is 3. The first kappa shape index (κ1) is 13.7. The smallest absolute Gasteiger partial charge is 0.123 e. The van der Waals surface area contributed by atoms with Crippen molar-refractivity contribution in [3.63, 3.8) is 0 Å². The molecule has 1 N–H and O–H groups in total. The van der Waals surface area contributed by atoms with Crippen LogP contribution in [-0.2, 0) is 13.0 Å². The lowest BCUT2D eigenvalue weighted by atomic mass is 10.1. The molecule has 1 aliphatic carbocycles. The first-order valence-corrected chi connectivity index (χ1v) is 7.22. The van der Waals surface area contributed by atoms with Gasteiger partial charge in [-0.25, -0.2) is 0 Å². The van der Waals surface area contributed by atoms with Gasteiger partial charge in [0.15, 0.2) is 0 Å². The Bertz CT molecular complexity index is 688. The van der Waals surface area contributed by atoms with Gasteiger partial charge in [-0.15, -0.1) is 0 Å². The fourth-order valence-corrected chi connectivity index (χ4v) is 2.95.